The third-order valence-corrected chi connectivity index (χ3v) is 2.61. The third-order valence-electron chi connectivity index (χ3n) is 2.36. The second-order valence-corrected chi connectivity index (χ2v) is 4.25. The first-order valence-corrected chi connectivity index (χ1v) is 5.90. The smallest absolute Gasteiger partial charge is 0.211 e. The molecule has 106 valence electrons. The predicted octanol–water partition coefficient (Wildman–Crippen LogP) is 1.61. The summed E-state index contributed by atoms with van der Waals surface area (Å²) in [6.45, 7) is 0.667. The van der Waals surface area contributed by atoms with Crippen LogP contribution in [0.2, 0.25) is 5.02 Å². The van der Waals surface area contributed by atoms with Crippen LogP contribution in [0.25, 0.3) is 0 Å². The van der Waals surface area contributed by atoms with Crippen LogP contribution in [-0.4, -0.2) is 21.7 Å². The van der Waals surface area contributed by atoms with Gasteiger partial charge in [-0.3, -0.25) is 0 Å². The third kappa shape index (κ3) is 4.56. The first-order chi connectivity index (χ1) is 9.15. The van der Waals surface area contributed by atoms with Gasteiger partial charge >= 0.3 is 0 Å². The monoisotopic (exact) mass is 312 g/mol. The fraction of sp³-hybridized carbons (Fsp3) is 0.0833. The molecule has 0 aliphatic heterocycles. The van der Waals surface area contributed by atoms with Gasteiger partial charge in [0.1, 0.15) is 0 Å². The Hall–Kier alpha value is -2.05. The van der Waals surface area contributed by atoms with Crippen molar-refractivity contribution in [3.63, 3.8) is 0 Å². The summed E-state index contributed by atoms with van der Waals surface area (Å²) >= 11 is 5.84. The van der Waals surface area contributed by atoms with Gasteiger partial charge < -0.3 is 16.0 Å². The van der Waals surface area contributed by atoms with Crippen molar-refractivity contribution in [3.05, 3.63) is 53.1 Å². The van der Waals surface area contributed by atoms with Gasteiger partial charge in [-0.05, 0) is 17.7 Å². The molecule has 1 heterocycles. The molecule has 1 aromatic heterocycles. The highest BCUT2D eigenvalue weighted by Crippen LogP contribution is 2.11. The molecule has 20 heavy (non-hydrogen) atoms. The molecule has 0 aliphatic carbocycles. The first kappa shape index (κ1) is 16.0. The molecule has 0 aliphatic rings. The van der Waals surface area contributed by atoms with E-state index >= 15 is 0 Å². The van der Waals surface area contributed by atoms with Crippen LogP contribution in [-0.2, 0) is 6.54 Å². The van der Waals surface area contributed by atoms with Crippen LogP contribution in [0.5, 0.6) is 0 Å². The second-order valence-electron chi connectivity index (χ2n) is 3.81. The van der Waals surface area contributed by atoms with Crippen molar-refractivity contribution >= 4 is 36.2 Å². The van der Waals surface area contributed by atoms with Crippen molar-refractivity contribution in [1.29, 1.82) is 0 Å². The van der Waals surface area contributed by atoms with Gasteiger partial charge in [0.15, 0.2) is 5.82 Å². The van der Waals surface area contributed by atoms with Gasteiger partial charge in [-0.15, -0.1) is 17.5 Å². The highest BCUT2D eigenvalue weighted by Gasteiger charge is 2.01. The fourth-order valence-electron chi connectivity index (χ4n) is 1.52. The zero-order chi connectivity index (χ0) is 13.7. The van der Waals surface area contributed by atoms with Crippen LogP contribution in [0.1, 0.15) is 11.4 Å². The van der Waals surface area contributed by atoms with E-state index in [0.29, 0.717) is 17.4 Å². The molecule has 0 bridgehead atoms. The minimum Gasteiger partial charge on any atom is -0.369 e. The van der Waals surface area contributed by atoms with Crippen molar-refractivity contribution in [2.24, 2.45) is 21.7 Å². The molecule has 1 aromatic carbocycles. The van der Waals surface area contributed by atoms with Crippen molar-refractivity contribution in [3.8, 4) is 0 Å². The average molecular weight is 313 g/mol. The highest BCUT2D eigenvalue weighted by molar-refractivity contribution is 6.30. The predicted molar refractivity (Wildman–Crippen MR) is 83.4 cm³/mol. The molecule has 8 heteroatoms. The van der Waals surface area contributed by atoms with Crippen molar-refractivity contribution in [2.45, 2.75) is 6.54 Å². The van der Waals surface area contributed by atoms with Crippen molar-refractivity contribution < 1.29 is 0 Å². The van der Waals surface area contributed by atoms with E-state index in [0.717, 1.165) is 5.56 Å². The quantitative estimate of drug-likeness (QED) is 0.510. The number of hydrogen-bond acceptors (Lipinski definition) is 3. The molecular formula is C12H14Cl2N6. The van der Waals surface area contributed by atoms with Gasteiger partial charge in [-0.25, -0.2) is 4.98 Å². The molecule has 6 nitrogen and oxygen atoms in total. The maximum absolute atomic E-state index is 5.84. The van der Waals surface area contributed by atoms with Gasteiger partial charge in [-0.2, -0.15) is 5.10 Å². The second kappa shape index (κ2) is 7.52. The first-order valence-electron chi connectivity index (χ1n) is 5.52. The lowest BCUT2D eigenvalue weighted by Crippen LogP contribution is -2.21. The number of imidazole rings is 1. The van der Waals surface area contributed by atoms with Crippen LogP contribution in [0.15, 0.2) is 46.9 Å². The molecule has 0 saturated heterocycles. The molecule has 0 radical (unpaired) electrons. The molecular weight excluding hydrogens is 299 g/mol. The largest absolute Gasteiger partial charge is 0.369 e. The maximum atomic E-state index is 5.84. The lowest BCUT2D eigenvalue weighted by Gasteiger charge is -2.04. The molecule has 4 N–H and O–H groups in total. The van der Waals surface area contributed by atoms with Gasteiger partial charge in [0, 0.05) is 24.0 Å². The minimum atomic E-state index is -0.0907. The van der Waals surface area contributed by atoms with Crippen molar-refractivity contribution in [1.82, 2.24) is 9.55 Å². The molecule has 0 fully saturated rings. The Bertz CT molecular complexity index is 599. The Balaban J connectivity index is 0.00000200. The Labute approximate surface area is 127 Å². The zero-order valence-electron chi connectivity index (χ0n) is 10.5. The number of guanidine groups is 1. The maximum Gasteiger partial charge on any atom is 0.211 e. The minimum absolute atomic E-state index is 0. The van der Waals surface area contributed by atoms with Crippen LogP contribution in [0.3, 0.4) is 0 Å². The van der Waals surface area contributed by atoms with Crippen LogP contribution in [0, 0.1) is 0 Å². The van der Waals surface area contributed by atoms with E-state index in [1.807, 2.05) is 35.0 Å². The molecule has 0 saturated carbocycles. The number of nitrogens with zero attached hydrogens (tertiary/aromatic N) is 4. The number of rotatable bonds is 4. The number of nitrogens with two attached hydrogens (primary N) is 2. The van der Waals surface area contributed by atoms with E-state index in [9.17, 15) is 0 Å². The summed E-state index contributed by atoms with van der Waals surface area (Å²) in [6.07, 6.45) is 5.04. The summed E-state index contributed by atoms with van der Waals surface area (Å²) in [5.74, 6) is 0.576. The van der Waals surface area contributed by atoms with Gasteiger partial charge in [0.05, 0.1) is 6.21 Å². The SMILES string of the molecule is Cl.NC(N)=NN=Cc1nccn1Cc1ccc(Cl)cc1. The number of hydrogen-bond donors (Lipinski definition) is 2. The van der Waals surface area contributed by atoms with Crippen LogP contribution in [0.4, 0.5) is 0 Å². The standard InChI is InChI=1S/C12H13ClN6.ClH/c13-10-3-1-9(2-4-10)8-19-6-5-16-11(19)7-17-18-12(14)15;/h1-7H,8H2,(H4,14,15,18);1H. The van der Waals surface area contributed by atoms with E-state index in [4.69, 9.17) is 23.1 Å². The van der Waals surface area contributed by atoms with E-state index < -0.39 is 0 Å². The normalized spacial score (nSPS) is 10.2. The number of benzene rings is 1. The summed E-state index contributed by atoms with van der Waals surface area (Å²) < 4.78 is 1.93. The summed E-state index contributed by atoms with van der Waals surface area (Å²) in [4.78, 5) is 4.16. The fourth-order valence-corrected chi connectivity index (χ4v) is 1.64. The molecule has 2 rings (SSSR count). The molecule has 0 unspecified atom stereocenters. The highest BCUT2D eigenvalue weighted by atomic mass is 35.5. The average Bonchev–Trinajstić information content (AvgIpc) is 2.79. The van der Waals surface area contributed by atoms with E-state index in [1.165, 1.54) is 6.21 Å². The molecule has 2 aromatic rings. The van der Waals surface area contributed by atoms with Gasteiger partial charge in [0.2, 0.25) is 5.96 Å². The topological polar surface area (TPSA) is 94.6 Å². The Morgan fingerprint density at radius 1 is 1.30 bits per heavy atom. The van der Waals surface area contributed by atoms with E-state index in [2.05, 4.69) is 15.2 Å². The van der Waals surface area contributed by atoms with E-state index in [1.54, 1.807) is 6.20 Å². The van der Waals surface area contributed by atoms with Gasteiger partial charge in [0.25, 0.3) is 0 Å². The summed E-state index contributed by atoms with van der Waals surface area (Å²) in [5, 5.41) is 7.98. The summed E-state index contributed by atoms with van der Waals surface area (Å²) in [7, 11) is 0. The van der Waals surface area contributed by atoms with Gasteiger partial charge in [-0.1, -0.05) is 23.7 Å². The molecule has 0 atom stereocenters. The lowest BCUT2D eigenvalue weighted by molar-refractivity contribution is 0.789. The van der Waals surface area contributed by atoms with Crippen LogP contribution < -0.4 is 11.5 Å². The van der Waals surface area contributed by atoms with E-state index in [-0.39, 0.29) is 18.4 Å². The zero-order valence-corrected chi connectivity index (χ0v) is 12.1. The Morgan fingerprint density at radius 2 is 2.00 bits per heavy atom. The lowest BCUT2D eigenvalue weighted by atomic mass is 10.2. The molecule has 0 amide bonds. The summed E-state index contributed by atoms with van der Waals surface area (Å²) in [5.41, 5.74) is 11.5. The summed E-state index contributed by atoms with van der Waals surface area (Å²) in [6, 6.07) is 7.61. The van der Waals surface area contributed by atoms with Crippen LogP contribution >= 0.6 is 24.0 Å². The number of aromatic nitrogens is 2. The van der Waals surface area contributed by atoms with Crippen molar-refractivity contribution in [2.75, 3.05) is 0 Å². The Kier molecular flexibility index (Phi) is 6.02. The molecule has 0 spiro atoms. The Morgan fingerprint density at radius 3 is 2.65 bits per heavy atom. The number of halogens is 2.